The summed E-state index contributed by atoms with van der Waals surface area (Å²) < 4.78 is 7.30. The normalized spacial score (nSPS) is 22.5. The van der Waals surface area contributed by atoms with Gasteiger partial charge in [-0.25, -0.2) is 0 Å². The molecule has 0 amide bonds. The first-order valence-electron chi connectivity index (χ1n) is 4.40. The monoisotopic (exact) mass is 164 g/mol. The summed E-state index contributed by atoms with van der Waals surface area (Å²) in [6.07, 6.45) is 2.34. The number of benzene rings is 1. The lowest BCUT2D eigenvalue weighted by atomic mass is 9.91. The highest BCUT2D eigenvalue weighted by Crippen LogP contribution is 2.35. The van der Waals surface area contributed by atoms with Crippen LogP contribution in [0.1, 0.15) is 19.8 Å². The van der Waals surface area contributed by atoms with E-state index in [0.29, 0.717) is 6.42 Å². The van der Waals surface area contributed by atoms with Crippen LogP contribution in [-0.4, -0.2) is 10.2 Å². The van der Waals surface area contributed by atoms with Gasteiger partial charge < -0.3 is 10.2 Å². The summed E-state index contributed by atoms with van der Waals surface area (Å²) in [6.45, 7) is 0. The van der Waals surface area contributed by atoms with E-state index in [4.69, 9.17) is 6.48 Å². The summed E-state index contributed by atoms with van der Waals surface area (Å²) >= 11 is 0. The fourth-order valence-electron chi connectivity index (χ4n) is 1.23. The van der Waals surface area contributed by atoms with Crippen LogP contribution in [-0.2, 0) is 0 Å². The Morgan fingerprint density at radius 3 is 2.67 bits per heavy atom. The van der Waals surface area contributed by atoms with Crippen LogP contribution in [0.25, 0.3) is 5.57 Å². The predicted molar refractivity (Wildman–Crippen MR) is 47.0 cm³/mol. The summed E-state index contributed by atoms with van der Waals surface area (Å²) in [5.41, 5.74) is 1.71. The summed E-state index contributed by atoms with van der Waals surface area (Å²) in [5.74, 6) is 0.141. The first-order chi connectivity index (χ1) is 6.16. The van der Waals surface area contributed by atoms with Crippen molar-refractivity contribution in [1.29, 1.82) is 0 Å². The number of hydrogen-bond acceptors (Lipinski definition) is 2. The number of aromatic hydroxyl groups is 2. The van der Waals surface area contributed by atoms with E-state index in [-0.39, 0.29) is 17.9 Å². The Balaban J connectivity index is 2.37. The van der Waals surface area contributed by atoms with Crippen LogP contribution in [0.15, 0.2) is 24.3 Å². The Labute approximate surface area is 72.2 Å². The lowest BCUT2D eigenvalue weighted by Crippen LogP contribution is -1.93. The lowest BCUT2D eigenvalue weighted by molar-refractivity contribution is 0.449. The topological polar surface area (TPSA) is 40.5 Å². The van der Waals surface area contributed by atoms with Crippen LogP contribution in [0.3, 0.4) is 0 Å². The number of rotatable bonds is 1. The van der Waals surface area contributed by atoms with Crippen LogP contribution in [0.4, 0.5) is 0 Å². The maximum absolute atomic E-state index is 9.45. The SMILES string of the molecule is [3H]C1C=C(c2ccc(O)cc2O)C1. The Kier molecular flexibility index (Phi) is 1.30. The van der Waals surface area contributed by atoms with E-state index >= 15 is 0 Å². The molecule has 1 aliphatic carbocycles. The van der Waals surface area contributed by atoms with E-state index in [1.807, 2.05) is 0 Å². The largest absolute Gasteiger partial charge is 0.508 e. The van der Waals surface area contributed by atoms with E-state index in [1.165, 1.54) is 12.1 Å². The number of allylic oxidation sites excluding steroid dienone is 2. The number of phenols is 2. The van der Waals surface area contributed by atoms with Gasteiger partial charge in [0.2, 0.25) is 0 Å². The standard InChI is InChI=1S/C10H10O2/c11-8-4-5-9(10(12)6-8)7-2-1-3-7/h2,4-6,11-12H,1,3H2/i1T. The second-order valence-corrected chi connectivity index (χ2v) is 2.83. The Morgan fingerprint density at radius 2 is 2.08 bits per heavy atom. The molecule has 0 saturated carbocycles. The summed E-state index contributed by atoms with van der Waals surface area (Å²) in [6, 6.07) is 4.52. The molecule has 2 rings (SSSR count). The third kappa shape index (κ3) is 1.05. The van der Waals surface area contributed by atoms with Gasteiger partial charge in [0.15, 0.2) is 0 Å². The van der Waals surface area contributed by atoms with Crippen molar-refractivity contribution in [3.8, 4) is 11.5 Å². The molecule has 62 valence electrons. The van der Waals surface area contributed by atoms with Crippen molar-refractivity contribution in [1.82, 2.24) is 0 Å². The fraction of sp³-hybridized carbons (Fsp3) is 0.200. The van der Waals surface area contributed by atoms with E-state index in [9.17, 15) is 5.11 Å². The molecule has 2 N–H and O–H groups in total. The minimum atomic E-state index is -0.136. The van der Waals surface area contributed by atoms with Gasteiger partial charge in [-0.2, -0.15) is 0 Å². The molecule has 1 aromatic rings. The molecule has 1 aromatic carbocycles. The molecule has 1 unspecified atom stereocenters. The second kappa shape index (κ2) is 2.55. The molecule has 12 heavy (non-hydrogen) atoms. The minimum absolute atomic E-state index is 0.0589. The summed E-state index contributed by atoms with van der Waals surface area (Å²) in [7, 11) is 0. The lowest BCUT2D eigenvalue weighted by Gasteiger charge is -2.15. The van der Waals surface area contributed by atoms with Crippen molar-refractivity contribution < 1.29 is 11.6 Å². The highest BCUT2D eigenvalue weighted by Gasteiger charge is 2.12. The van der Waals surface area contributed by atoms with Crippen LogP contribution < -0.4 is 0 Å². The molecule has 0 bridgehead atoms. The zero-order chi connectivity index (χ0) is 9.42. The third-order valence-electron chi connectivity index (χ3n) is 1.98. The van der Waals surface area contributed by atoms with Gasteiger partial charge in [-0.05, 0) is 30.5 Å². The molecule has 2 nitrogen and oxygen atoms in total. The van der Waals surface area contributed by atoms with Crippen LogP contribution in [0.2, 0.25) is 0 Å². The highest BCUT2D eigenvalue weighted by atomic mass is 16.3. The van der Waals surface area contributed by atoms with Gasteiger partial charge in [0.05, 0.1) is 0 Å². The van der Waals surface area contributed by atoms with Gasteiger partial charge in [0, 0.05) is 13.0 Å². The van der Waals surface area contributed by atoms with Crippen molar-refractivity contribution in [2.75, 3.05) is 0 Å². The van der Waals surface area contributed by atoms with Crippen LogP contribution in [0.5, 0.6) is 11.5 Å². The molecule has 0 radical (unpaired) electrons. The zero-order valence-electron chi connectivity index (χ0n) is 7.49. The van der Waals surface area contributed by atoms with Crippen molar-refractivity contribution in [3.05, 3.63) is 29.8 Å². The molecule has 1 aliphatic rings. The molecular weight excluding hydrogens is 152 g/mol. The van der Waals surface area contributed by atoms with Crippen molar-refractivity contribution >= 4 is 5.57 Å². The molecule has 0 saturated heterocycles. The molecular formula is C10H10O2. The first-order valence-corrected chi connectivity index (χ1v) is 3.82. The van der Waals surface area contributed by atoms with E-state index in [0.717, 1.165) is 11.1 Å². The van der Waals surface area contributed by atoms with E-state index in [1.54, 1.807) is 12.1 Å². The number of phenolic OH excluding ortho intramolecular Hbond substituents is 2. The first kappa shape index (κ1) is 6.12. The van der Waals surface area contributed by atoms with Crippen molar-refractivity contribution in [2.45, 2.75) is 12.8 Å². The summed E-state index contributed by atoms with van der Waals surface area (Å²) in [4.78, 5) is 0. The summed E-state index contributed by atoms with van der Waals surface area (Å²) in [5, 5.41) is 18.5. The van der Waals surface area contributed by atoms with Gasteiger partial charge in [0.25, 0.3) is 0 Å². The Morgan fingerprint density at radius 1 is 1.33 bits per heavy atom. The Bertz CT molecular complexity index is 371. The van der Waals surface area contributed by atoms with Crippen molar-refractivity contribution in [3.63, 3.8) is 0 Å². The van der Waals surface area contributed by atoms with Gasteiger partial charge >= 0.3 is 0 Å². The molecule has 0 aromatic heterocycles. The average molecular weight is 164 g/mol. The van der Waals surface area contributed by atoms with Crippen LogP contribution >= 0.6 is 0 Å². The Hall–Kier alpha value is -1.44. The zero-order valence-corrected chi connectivity index (χ0v) is 6.49. The third-order valence-corrected chi connectivity index (χ3v) is 1.98. The quantitative estimate of drug-likeness (QED) is 0.668. The van der Waals surface area contributed by atoms with Crippen LogP contribution in [0, 0.1) is 0 Å². The molecule has 2 heteroatoms. The molecule has 1 atom stereocenters. The maximum atomic E-state index is 9.45. The van der Waals surface area contributed by atoms with E-state index in [2.05, 4.69) is 0 Å². The molecule has 0 aliphatic heterocycles. The molecule has 0 fully saturated rings. The minimum Gasteiger partial charge on any atom is -0.508 e. The van der Waals surface area contributed by atoms with Crippen molar-refractivity contribution in [2.24, 2.45) is 0 Å². The molecule has 0 spiro atoms. The predicted octanol–water partition coefficient (Wildman–Crippen LogP) is 2.28. The van der Waals surface area contributed by atoms with Gasteiger partial charge in [0.1, 0.15) is 11.5 Å². The van der Waals surface area contributed by atoms with Gasteiger partial charge in [-0.1, -0.05) is 6.08 Å². The van der Waals surface area contributed by atoms with Gasteiger partial charge in [-0.15, -0.1) is 0 Å². The number of hydrogen-bond donors (Lipinski definition) is 2. The van der Waals surface area contributed by atoms with E-state index < -0.39 is 0 Å². The highest BCUT2D eigenvalue weighted by molar-refractivity contribution is 5.74. The van der Waals surface area contributed by atoms with Gasteiger partial charge in [-0.3, -0.25) is 0 Å². The molecule has 0 heterocycles. The average Bonchev–Trinajstić information content (AvgIpc) is 2.00. The fourth-order valence-corrected chi connectivity index (χ4v) is 1.23. The second-order valence-electron chi connectivity index (χ2n) is 2.83. The maximum Gasteiger partial charge on any atom is 0.126 e. The smallest absolute Gasteiger partial charge is 0.126 e.